The molecule has 196 valence electrons. The quantitative estimate of drug-likeness (QED) is 0.429. The predicted octanol–water partition coefficient (Wildman–Crippen LogP) is 4.73. The summed E-state index contributed by atoms with van der Waals surface area (Å²) in [6.07, 6.45) is 2.47. The first-order valence-electron chi connectivity index (χ1n) is 13.1. The first-order chi connectivity index (χ1) is 18.0. The number of piperidine rings is 1. The molecular weight excluding hydrogens is 472 g/mol. The lowest BCUT2D eigenvalue weighted by atomic mass is 9.86. The third kappa shape index (κ3) is 5.22. The van der Waals surface area contributed by atoms with E-state index in [-0.39, 0.29) is 5.92 Å². The van der Waals surface area contributed by atoms with Crippen LogP contribution in [0, 0.1) is 5.92 Å². The van der Waals surface area contributed by atoms with Crippen molar-refractivity contribution in [3.8, 4) is 34.1 Å². The van der Waals surface area contributed by atoms with E-state index in [1.165, 1.54) is 0 Å². The summed E-state index contributed by atoms with van der Waals surface area (Å²) in [7, 11) is 0. The molecule has 5 rings (SSSR count). The van der Waals surface area contributed by atoms with E-state index in [0.717, 1.165) is 65.1 Å². The number of benzene rings is 2. The van der Waals surface area contributed by atoms with Crippen molar-refractivity contribution in [3.63, 3.8) is 0 Å². The lowest BCUT2D eigenvalue weighted by Crippen LogP contribution is -2.40. The van der Waals surface area contributed by atoms with Gasteiger partial charge >= 0.3 is 5.97 Å². The molecule has 1 fully saturated rings. The largest absolute Gasteiger partial charge is 0.490 e. The summed E-state index contributed by atoms with van der Waals surface area (Å²) in [5.41, 5.74) is 5.80. The third-order valence-corrected chi connectivity index (χ3v) is 7.29. The summed E-state index contributed by atoms with van der Waals surface area (Å²) in [6, 6.07) is 11.8. The van der Waals surface area contributed by atoms with Crippen LogP contribution in [0.4, 0.5) is 0 Å². The maximum absolute atomic E-state index is 11.4. The molecule has 8 heteroatoms. The lowest BCUT2D eigenvalue weighted by molar-refractivity contribution is -0.143. The highest BCUT2D eigenvalue weighted by Crippen LogP contribution is 2.41. The molecule has 2 aromatic carbocycles. The van der Waals surface area contributed by atoms with E-state index >= 15 is 0 Å². The molecule has 37 heavy (non-hydrogen) atoms. The van der Waals surface area contributed by atoms with Gasteiger partial charge in [-0.25, -0.2) is 0 Å². The van der Waals surface area contributed by atoms with Crippen molar-refractivity contribution < 1.29 is 29.0 Å². The second kappa shape index (κ2) is 10.9. The van der Waals surface area contributed by atoms with Crippen molar-refractivity contribution in [3.05, 3.63) is 53.1 Å². The van der Waals surface area contributed by atoms with Crippen molar-refractivity contribution in [1.29, 1.82) is 0 Å². The van der Waals surface area contributed by atoms with E-state index in [9.17, 15) is 15.0 Å². The fourth-order valence-corrected chi connectivity index (χ4v) is 5.46. The Hall–Kier alpha value is -3.36. The van der Waals surface area contributed by atoms with Gasteiger partial charge in [0.25, 0.3) is 0 Å². The number of fused-ring (bicyclic) bond motifs is 3. The summed E-state index contributed by atoms with van der Waals surface area (Å²) in [5.74, 6) is 1.03. The maximum atomic E-state index is 11.4. The van der Waals surface area contributed by atoms with Crippen LogP contribution in [-0.2, 0) is 17.6 Å². The number of hydrogen-bond acceptors (Lipinski definition) is 7. The van der Waals surface area contributed by atoms with Crippen molar-refractivity contribution in [1.82, 2.24) is 10.1 Å². The highest BCUT2D eigenvalue weighted by atomic mass is 16.5. The molecule has 1 aliphatic carbocycles. The van der Waals surface area contributed by atoms with Crippen LogP contribution in [0.2, 0.25) is 0 Å². The summed E-state index contributed by atoms with van der Waals surface area (Å²) in [5, 5.41) is 24.7. The minimum Gasteiger partial charge on any atom is -0.490 e. The second-order valence-electron chi connectivity index (χ2n) is 9.74. The molecule has 2 N–H and O–H groups in total. The number of rotatable bonds is 9. The molecule has 1 aliphatic heterocycles. The number of β-amino-alcohol motifs (C(OH)–C–C–N with tert-alkyl or cyclic N) is 1. The van der Waals surface area contributed by atoms with Gasteiger partial charge in [0.15, 0.2) is 17.3 Å². The van der Waals surface area contributed by atoms with Gasteiger partial charge in [0, 0.05) is 29.8 Å². The fourth-order valence-electron chi connectivity index (χ4n) is 5.46. The molecule has 2 aliphatic rings. The average molecular weight is 507 g/mol. The van der Waals surface area contributed by atoms with E-state index in [1.54, 1.807) is 0 Å². The van der Waals surface area contributed by atoms with Gasteiger partial charge in [-0.1, -0.05) is 23.4 Å². The zero-order valence-corrected chi connectivity index (χ0v) is 21.4. The first kappa shape index (κ1) is 25.3. The number of aliphatic hydroxyl groups is 1. The summed E-state index contributed by atoms with van der Waals surface area (Å²) in [6.45, 7) is 6.72. The Morgan fingerprint density at radius 2 is 1.95 bits per heavy atom. The lowest BCUT2D eigenvalue weighted by Gasteiger charge is -2.32. The van der Waals surface area contributed by atoms with Gasteiger partial charge in [-0.05, 0) is 75.4 Å². The number of aryl methyl sites for hydroxylation is 1. The number of aliphatic hydroxyl groups excluding tert-OH is 1. The van der Waals surface area contributed by atoms with Gasteiger partial charge in [0.05, 0.1) is 25.2 Å². The number of carbonyl (C=O) groups is 1. The van der Waals surface area contributed by atoms with Gasteiger partial charge in [-0.3, -0.25) is 9.69 Å². The van der Waals surface area contributed by atoms with Crippen molar-refractivity contribution in [2.24, 2.45) is 5.92 Å². The SMILES string of the molecule is CCOc1ccc(-c2onc3c2CCc2cc(C(O)CN4CCCC(C(=O)O)C4)ccc2-3)cc1OCC. The van der Waals surface area contributed by atoms with Crippen molar-refractivity contribution >= 4 is 5.97 Å². The number of nitrogens with zero attached hydrogens (tertiary/aromatic N) is 2. The Kier molecular flexibility index (Phi) is 7.48. The topological polar surface area (TPSA) is 105 Å². The van der Waals surface area contributed by atoms with Crippen LogP contribution in [0.15, 0.2) is 40.9 Å². The number of hydrogen-bond donors (Lipinski definition) is 2. The number of carboxylic acids is 1. The monoisotopic (exact) mass is 506 g/mol. The van der Waals surface area contributed by atoms with Crippen LogP contribution in [0.3, 0.4) is 0 Å². The Bertz CT molecular complexity index is 1270. The highest BCUT2D eigenvalue weighted by Gasteiger charge is 2.29. The van der Waals surface area contributed by atoms with Crippen LogP contribution in [0.1, 0.15) is 49.5 Å². The molecule has 0 amide bonds. The van der Waals surface area contributed by atoms with Gasteiger partial charge < -0.3 is 24.2 Å². The second-order valence-corrected chi connectivity index (χ2v) is 9.74. The van der Waals surface area contributed by atoms with E-state index in [4.69, 9.17) is 14.0 Å². The molecule has 0 radical (unpaired) electrons. The van der Waals surface area contributed by atoms with E-state index < -0.39 is 12.1 Å². The zero-order chi connectivity index (χ0) is 25.9. The molecule has 0 spiro atoms. The minimum atomic E-state index is -0.755. The summed E-state index contributed by atoms with van der Waals surface area (Å²) in [4.78, 5) is 13.4. The number of aromatic nitrogens is 1. The summed E-state index contributed by atoms with van der Waals surface area (Å²) < 4.78 is 17.3. The number of ether oxygens (including phenoxy) is 2. The Morgan fingerprint density at radius 1 is 1.14 bits per heavy atom. The van der Waals surface area contributed by atoms with Gasteiger partial charge in [0.1, 0.15) is 5.69 Å². The van der Waals surface area contributed by atoms with Crippen LogP contribution in [0.25, 0.3) is 22.6 Å². The van der Waals surface area contributed by atoms with Crippen molar-refractivity contribution in [2.45, 2.75) is 45.6 Å². The number of carboxylic acid groups (broad SMARTS) is 1. The predicted molar refractivity (Wildman–Crippen MR) is 139 cm³/mol. The molecule has 1 aromatic heterocycles. The molecule has 2 unspecified atom stereocenters. The molecular formula is C29H34N2O6. The standard InChI is InChI=1S/C29H34N2O6/c1-3-35-25-12-9-20(15-26(25)36-4-2)28-23-11-7-18-14-19(8-10-22(18)27(23)30-37-28)24(32)17-31-13-5-6-21(16-31)29(33)34/h8-10,12,14-15,21,24,32H,3-7,11,13,16-17H2,1-2H3,(H,33,34). The minimum absolute atomic E-state index is 0.357. The highest BCUT2D eigenvalue weighted by molar-refractivity contribution is 5.77. The Balaban J connectivity index is 1.36. The van der Waals surface area contributed by atoms with Crippen LogP contribution in [0.5, 0.6) is 11.5 Å². The molecule has 0 bridgehead atoms. The molecule has 1 saturated heterocycles. The molecule has 3 aromatic rings. The zero-order valence-electron chi connectivity index (χ0n) is 21.4. The van der Waals surface area contributed by atoms with Crippen LogP contribution >= 0.6 is 0 Å². The molecule has 2 atom stereocenters. The fraction of sp³-hybridized carbons (Fsp3) is 0.448. The van der Waals surface area contributed by atoms with Gasteiger partial charge in [-0.15, -0.1) is 0 Å². The average Bonchev–Trinajstić information content (AvgIpc) is 3.34. The van der Waals surface area contributed by atoms with E-state index in [2.05, 4.69) is 16.1 Å². The molecule has 2 heterocycles. The molecule has 0 saturated carbocycles. The van der Waals surface area contributed by atoms with E-state index in [1.807, 2.05) is 44.2 Å². The normalized spacial score (nSPS) is 18.1. The Morgan fingerprint density at radius 3 is 2.73 bits per heavy atom. The maximum Gasteiger partial charge on any atom is 0.307 e. The van der Waals surface area contributed by atoms with E-state index in [0.29, 0.717) is 44.2 Å². The summed E-state index contributed by atoms with van der Waals surface area (Å²) >= 11 is 0. The smallest absolute Gasteiger partial charge is 0.307 e. The first-order valence-corrected chi connectivity index (χ1v) is 13.1. The number of likely N-dealkylation sites (tertiary alicyclic amines) is 1. The van der Waals surface area contributed by atoms with Crippen LogP contribution < -0.4 is 9.47 Å². The number of aliphatic carboxylic acids is 1. The van der Waals surface area contributed by atoms with Gasteiger partial charge in [-0.2, -0.15) is 0 Å². The van der Waals surface area contributed by atoms with Crippen molar-refractivity contribution in [2.75, 3.05) is 32.8 Å². The van der Waals surface area contributed by atoms with Crippen LogP contribution in [-0.4, -0.2) is 59.1 Å². The molecule has 8 nitrogen and oxygen atoms in total. The van der Waals surface area contributed by atoms with Gasteiger partial charge in [0.2, 0.25) is 0 Å². The Labute approximate surface area is 216 Å². The third-order valence-electron chi connectivity index (χ3n) is 7.29.